The molecule has 1 atom stereocenters. The molecule has 0 unspecified atom stereocenters. The number of methoxy groups -OCH3 is 1. The first-order valence-corrected chi connectivity index (χ1v) is 14.8. The quantitative estimate of drug-likeness (QED) is 0.309. The number of hydrogen-bond donors (Lipinski definition) is 2. The molecule has 9 nitrogen and oxygen atoms in total. The second-order valence-corrected chi connectivity index (χ2v) is 12.7. The topological polar surface area (TPSA) is 106 Å². The first-order valence-electron chi connectivity index (χ1n) is 12.1. The summed E-state index contributed by atoms with van der Waals surface area (Å²) in [6.07, 6.45) is 1.85. The summed E-state index contributed by atoms with van der Waals surface area (Å²) in [5, 5.41) is 7.98. The van der Waals surface area contributed by atoms with Crippen LogP contribution in [0.25, 0.3) is 10.9 Å². The largest absolute Gasteiger partial charge is 0.496 e. The molecule has 0 bridgehead atoms. The van der Waals surface area contributed by atoms with Crippen molar-refractivity contribution in [2.24, 2.45) is 0 Å². The number of likely N-dealkylation sites (tertiary alicyclic amines) is 1. The molecule has 0 radical (unpaired) electrons. The van der Waals surface area contributed by atoms with E-state index >= 15 is 0 Å². The molecular weight excluding hydrogens is 546 g/mol. The molecule has 2 aromatic carbocycles. The molecule has 0 aliphatic carbocycles. The van der Waals surface area contributed by atoms with Crippen molar-refractivity contribution in [2.75, 3.05) is 25.4 Å². The van der Waals surface area contributed by atoms with E-state index < -0.39 is 10.0 Å². The molecule has 3 heterocycles. The summed E-state index contributed by atoms with van der Waals surface area (Å²) in [5.41, 5.74) is 2.84. The minimum absolute atomic E-state index is 0.0513. The highest BCUT2D eigenvalue weighted by Gasteiger charge is 2.30. The fourth-order valence-corrected chi connectivity index (χ4v) is 7.38. The van der Waals surface area contributed by atoms with Crippen molar-refractivity contribution in [3.8, 4) is 5.75 Å². The van der Waals surface area contributed by atoms with Crippen molar-refractivity contribution in [3.05, 3.63) is 70.1 Å². The second-order valence-electron chi connectivity index (χ2n) is 9.09. The van der Waals surface area contributed by atoms with Gasteiger partial charge in [-0.05, 0) is 54.8 Å². The number of sulfonamides is 1. The third-order valence-electron chi connectivity index (χ3n) is 6.63. The van der Waals surface area contributed by atoms with Gasteiger partial charge in [0.05, 0.1) is 34.9 Å². The molecule has 200 valence electrons. The molecule has 0 saturated carbocycles. The molecule has 1 aliphatic heterocycles. The highest BCUT2D eigenvalue weighted by Crippen LogP contribution is 2.35. The van der Waals surface area contributed by atoms with Gasteiger partial charge in [-0.15, -0.1) is 11.3 Å². The average Bonchev–Trinajstić information content (AvgIpc) is 3.63. The Bertz CT molecular complexity index is 1580. The highest BCUT2D eigenvalue weighted by molar-refractivity contribution is 7.94. The first-order chi connectivity index (χ1) is 18.3. The molecular formula is C26H28ClN5O4S2. The second kappa shape index (κ2) is 10.9. The molecule has 1 saturated heterocycles. The van der Waals surface area contributed by atoms with Crippen LogP contribution in [0.15, 0.2) is 58.8 Å². The van der Waals surface area contributed by atoms with Crippen LogP contribution in [0.2, 0.25) is 4.34 Å². The fourth-order valence-electron chi connectivity index (χ4n) is 4.89. The van der Waals surface area contributed by atoms with Gasteiger partial charge < -0.3 is 10.1 Å². The predicted octanol–water partition coefficient (Wildman–Crippen LogP) is 4.32. The number of thiophene rings is 1. The van der Waals surface area contributed by atoms with Crippen LogP contribution < -0.4 is 14.8 Å². The molecule has 38 heavy (non-hydrogen) atoms. The van der Waals surface area contributed by atoms with Crippen LogP contribution in [-0.4, -0.2) is 55.7 Å². The number of benzene rings is 2. The number of halogens is 1. The smallest absolute Gasteiger partial charge is 0.272 e. The van der Waals surface area contributed by atoms with Crippen molar-refractivity contribution in [1.29, 1.82) is 0 Å². The van der Waals surface area contributed by atoms with Gasteiger partial charge in [0.25, 0.3) is 10.0 Å². The number of aromatic nitrogens is 2. The molecule has 0 spiro atoms. The molecule has 1 fully saturated rings. The van der Waals surface area contributed by atoms with Crippen LogP contribution in [0, 0.1) is 0 Å². The van der Waals surface area contributed by atoms with Crippen molar-refractivity contribution in [3.63, 3.8) is 0 Å². The van der Waals surface area contributed by atoms with Crippen LogP contribution in [0.1, 0.15) is 24.0 Å². The van der Waals surface area contributed by atoms with Gasteiger partial charge in [0.1, 0.15) is 9.96 Å². The van der Waals surface area contributed by atoms with Crippen LogP contribution in [0.5, 0.6) is 5.75 Å². The maximum Gasteiger partial charge on any atom is 0.272 e. The van der Waals surface area contributed by atoms with Crippen LogP contribution >= 0.6 is 22.9 Å². The zero-order valence-electron chi connectivity index (χ0n) is 21.0. The van der Waals surface area contributed by atoms with Crippen LogP contribution in [-0.2, 0) is 27.9 Å². The maximum atomic E-state index is 13.0. The number of nitrogens with zero attached hydrogens (tertiary/aromatic N) is 3. The van der Waals surface area contributed by atoms with Crippen LogP contribution in [0.4, 0.5) is 5.82 Å². The number of likely N-dealkylation sites (N-methyl/N-ethyl adjacent to an activating group) is 1. The van der Waals surface area contributed by atoms with E-state index in [9.17, 15) is 13.2 Å². The zero-order valence-corrected chi connectivity index (χ0v) is 23.4. The van der Waals surface area contributed by atoms with E-state index in [1.54, 1.807) is 23.9 Å². The molecule has 5 rings (SSSR count). The van der Waals surface area contributed by atoms with E-state index in [-0.39, 0.29) is 22.0 Å². The predicted molar refractivity (Wildman–Crippen MR) is 149 cm³/mol. The Labute approximate surface area is 230 Å². The van der Waals surface area contributed by atoms with Crippen molar-refractivity contribution in [1.82, 2.24) is 20.0 Å². The molecule has 2 N–H and O–H groups in total. The van der Waals surface area contributed by atoms with Gasteiger partial charge in [0.15, 0.2) is 5.82 Å². The number of ether oxygens (including phenoxy) is 1. The van der Waals surface area contributed by atoms with E-state index in [1.807, 2.05) is 24.3 Å². The van der Waals surface area contributed by atoms with Gasteiger partial charge in [-0.1, -0.05) is 41.9 Å². The number of anilines is 1. The maximum absolute atomic E-state index is 13.0. The van der Waals surface area contributed by atoms with Gasteiger partial charge in [-0.3, -0.25) is 19.1 Å². The number of hydrogen-bond acceptors (Lipinski definition) is 7. The van der Waals surface area contributed by atoms with Crippen molar-refractivity contribution >= 4 is 55.6 Å². The lowest BCUT2D eigenvalue weighted by molar-refractivity contribution is -0.125. The summed E-state index contributed by atoms with van der Waals surface area (Å²) < 4.78 is 36.5. The van der Waals surface area contributed by atoms with Crippen LogP contribution in [0.3, 0.4) is 0 Å². The van der Waals surface area contributed by atoms with Gasteiger partial charge in [-0.25, -0.2) is 8.42 Å². The molecule has 1 aliphatic rings. The summed E-state index contributed by atoms with van der Waals surface area (Å²) in [6.45, 7) is 1.97. The Morgan fingerprint density at radius 1 is 1.16 bits per heavy atom. The summed E-state index contributed by atoms with van der Waals surface area (Å²) in [5.74, 6) is 0.748. The molecule has 2 aromatic heterocycles. The number of rotatable bonds is 9. The van der Waals surface area contributed by atoms with E-state index in [0.717, 1.165) is 47.4 Å². The number of nitrogens with one attached hydrogen (secondary N) is 2. The monoisotopic (exact) mass is 573 g/mol. The molecule has 4 aromatic rings. The lowest BCUT2D eigenvalue weighted by atomic mass is 10.1. The SMILES string of the molecule is CNC(=O)[C@@H]1CCCN1Cc1cccc(Cn2nc(NS(=O)(=O)c3ccc(Cl)s3)c3c(OC)cccc32)c1. The van der Waals surface area contributed by atoms with E-state index in [1.165, 1.54) is 13.2 Å². The van der Waals surface area contributed by atoms with Crippen molar-refractivity contribution in [2.45, 2.75) is 36.2 Å². The third kappa shape index (κ3) is 5.37. The Kier molecular flexibility index (Phi) is 7.62. The number of carbonyl (C=O) groups is 1. The first kappa shape index (κ1) is 26.5. The number of carbonyl (C=O) groups excluding carboxylic acids is 1. The summed E-state index contributed by atoms with van der Waals surface area (Å²) >= 11 is 6.94. The van der Waals surface area contributed by atoms with Crippen molar-refractivity contribution < 1.29 is 17.9 Å². The summed E-state index contributed by atoms with van der Waals surface area (Å²) in [6, 6.07) is 16.6. The normalized spacial score (nSPS) is 16.1. The van der Waals surface area contributed by atoms with Gasteiger partial charge >= 0.3 is 0 Å². The Morgan fingerprint density at radius 3 is 2.63 bits per heavy atom. The lowest BCUT2D eigenvalue weighted by Crippen LogP contribution is -2.41. The van der Waals surface area contributed by atoms with Gasteiger partial charge in [-0.2, -0.15) is 5.10 Å². The third-order valence-corrected chi connectivity index (χ3v) is 9.69. The lowest BCUT2D eigenvalue weighted by Gasteiger charge is -2.23. The van der Waals surface area contributed by atoms with E-state index in [0.29, 0.717) is 28.6 Å². The summed E-state index contributed by atoms with van der Waals surface area (Å²) in [7, 11) is -0.676. The van der Waals surface area contributed by atoms with Gasteiger partial charge in [0.2, 0.25) is 5.91 Å². The Morgan fingerprint density at radius 2 is 1.92 bits per heavy atom. The number of amides is 1. The Balaban J connectivity index is 1.44. The number of fused-ring (bicyclic) bond motifs is 1. The minimum Gasteiger partial charge on any atom is -0.496 e. The van der Waals surface area contributed by atoms with E-state index in [4.69, 9.17) is 16.3 Å². The Hall–Kier alpha value is -3.12. The minimum atomic E-state index is -3.89. The van der Waals surface area contributed by atoms with Gasteiger partial charge in [0, 0.05) is 13.6 Å². The fraction of sp³-hybridized carbons (Fsp3) is 0.308. The average molecular weight is 574 g/mol. The summed E-state index contributed by atoms with van der Waals surface area (Å²) in [4.78, 5) is 14.5. The standard InChI is InChI=1S/C26H28ClN5O4S2/c1-28-26(33)20-9-5-13-31(20)15-17-6-3-7-18(14-17)16-32-19-8-4-10-21(36-2)24(19)25(29-32)30-38(34,35)23-12-11-22(27)37-23/h3-4,6-8,10-12,14,20H,5,9,13,15-16H2,1-2H3,(H,28,33)(H,29,30)/t20-/m0/s1. The molecule has 12 heteroatoms. The molecule has 1 amide bonds. The highest BCUT2D eigenvalue weighted by atomic mass is 35.5. The zero-order chi connectivity index (χ0) is 26.9. The van der Waals surface area contributed by atoms with E-state index in [2.05, 4.69) is 32.2 Å².